The molecule has 33 heavy (non-hydrogen) atoms. The number of pyridine rings is 1. The van der Waals surface area contributed by atoms with Gasteiger partial charge in [-0.05, 0) is 72.1 Å². The minimum Gasteiger partial charge on any atom is -0.326 e. The largest absolute Gasteiger partial charge is 0.326 e. The van der Waals surface area contributed by atoms with Gasteiger partial charge in [0.05, 0.1) is 6.42 Å². The molecule has 0 spiro atoms. The molecule has 4 rings (SSSR count). The number of aromatic nitrogens is 1. The predicted molar refractivity (Wildman–Crippen MR) is 133 cm³/mol. The summed E-state index contributed by atoms with van der Waals surface area (Å²) in [5, 5.41) is 6.29. The summed E-state index contributed by atoms with van der Waals surface area (Å²) in [6.45, 7) is 1.91. The minimum atomic E-state index is -0.261. The number of nitrogens with zero attached hydrogens (tertiary/aromatic N) is 1. The number of nitrogens with one attached hydrogen (secondary N) is 2. The van der Waals surface area contributed by atoms with Gasteiger partial charge in [-0.1, -0.05) is 48.0 Å². The lowest BCUT2D eigenvalue weighted by molar-refractivity contribution is -0.115. The molecule has 0 bridgehead atoms. The fraction of sp³-hybridized carbons (Fsp3) is 0.0741. The van der Waals surface area contributed by atoms with Crippen molar-refractivity contribution in [2.45, 2.75) is 13.3 Å². The fourth-order valence-electron chi connectivity index (χ4n) is 3.43. The van der Waals surface area contributed by atoms with Gasteiger partial charge in [-0.25, -0.2) is 0 Å². The molecule has 0 aliphatic carbocycles. The van der Waals surface area contributed by atoms with E-state index in [-0.39, 0.29) is 18.2 Å². The molecule has 1 aromatic heterocycles. The Morgan fingerprint density at radius 2 is 1.52 bits per heavy atom. The lowest BCUT2D eigenvalue weighted by Gasteiger charge is -2.13. The SMILES string of the molecule is Cc1cc(-c2ccccc2)c(C(=O)Nc2ccc(NC(=O)Cc3ccccn3)cc2)cc1Cl. The molecule has 4 aromatic rings. The molecular formula is C27H22ClN3O2. The van der Waals surface area contributed by atoms with E-state index in [4.69, 9.17) is 11.6 Å². The van der Waals surface area contributed by atoms with Gasteiger partial charge in [0.2, 0.25) is 5.91 Å². The molecule has 5 nitrogen and oxygen atoms in total. The average molecular weight is 456 g/mol. The van der Waals surface area contributed by atoms with Crippen LogP contribution in [0.5, 0.6) is 0 Å². The van der Waals surface area contributed by atoms with Gasteiger partial charge in [0.25, 0.3) is 5.91 Å². The Morgan fingerprint density at radius 3 is 2.18 bits per heavy atom. The van der Waals surface area contributed by atoms with Crippen molar-refractivity contribution in [1.29, 1.82) is 0 Å². The van der Waals surface area contributed by atoms with Crippen LogP contribution in [-0.4, -0.2) is 16.8 Å². The molecule has 0 atom stereocenters. The number of carbonyl (C=O) groups excluding carboxylic acids is 2. The highest BCUT2D eigenvalue weighted by atomic mass is 35.5. The van der Waals surface area contributed by atoms with Gasteiger partial charge >= 0.3 is 0 Å². The molecule has 0 saturated heterocycles. The van der Waals surface area contributed by atoms with Crippen LogP contribution >= 0.6 is 11.6 Å². The van der Waals surface area contributed by atoms with Crippen molar-refractivity contribution in [3.05, 3.63) is 113 Å². The summed E-state index contributed by atoms with van der Waals surface area (Å²) in [5.41, 5.74) is 5.09. The molecular weight excluding hydrogens is 434 g/mol. The van der Waals surface area contributed by atoms with Gasteiger partial charge in [-0.3, -0.25) is 14.6 Å². The summed E-state index contributed by atoms with van der Waals surface area (Å²) < 4.78 is 0. The fourth-order valence-corrected chi connectivity index (χ4v) is 3.60. The van der Waals surface area contributed by atoms with Crippen LogP contribution in [0.15, 0.2) is 91.1 Å². The first-order valence-electron chi connectivity index (χ1n) is 10.5. The third-order valence-corrected chi connectivity index (χ3v) is 5.53. The van der Waals surface area contributed by atoms with Crippen molar-refractivity contribution in [3.8, 4) is 11.1 Å². The average Bonchev–Trinajstić information content (AvgIpc) is 2.83. The van der Waals surface area contributed by atoms with E-state index in [1.54, 1.807) is 42.6 Å². The highest BCUT2D eigenvalue weighted by Gasteiger charge is 2.16. The van der Waals surface area contributed by atoms with Crippen molar-refractivity contribution in [2.75, 3.05) is 10.6 Å². The number of rotatable bonds is 6. The number of benzene rings is 3. The summed E-state index contributed by atoms with van der Waals surface area (Å²) in [6.07, 6.45) is 1.85. The third-order valence-electron chi connectivity index (χ3n) is 5.12. The van der Waals surface area contributed by atoms with Crippen LogP contribution in [-0.2, 0) is 11.2 Å². The second-order valence-corrected chi connectivity index (χ2v) is 8.00. The van der Waals surface area contributed by atoms with Gasteiger partial charge in [-0.15, -0.1) is 0 Å². The van der Waals surface area contributed by atoms with E-state index in [0.29, 0.717) is 27.7 Å². The van der Waals surface area contributed by atoms with Crippen LogP contribution in [0.3, 0.4) is 0 Å². The number of carbonyl (C=O) groups is 2. The molecule has 2 amide bonds. The maximum Gasteiger partial charge on any atom is 0.256 e. The molecule has 2 N–H and O–H groups in total. The molecule has 164 valence electrons. The molecule has 0 aliphatic rings. The standard InChI is InChI=1S/C27H22ClN3O2/c1-18-15-23(19-7-3-2-4-8-19)24(17-25(18)28)27(33)31-21-12-10-20(11-13-21)30-26(32)16-22-9-5-6-14-29-22/h2-15,17H,16H2,1H3,(H,30,32)(H,31,33). The van der Waals surface area contributed by atoms with Crippen LogP contribution in [0.4, 0.5) is 11.4 Å². The molecule has 0 saturated carbocycles. The van der Waals surface area contributed by atoms with E-state index < -0.39 is 0 Å². The number of aryl methyl sites for hydroxylation is 1. The van der Waals surface area contributed by atoms with Crippen LogP contribution in [0, 0.1) is 6.92 Å². The van der Waals surface area contributed by atoms with E-state index in [2.05, 4.69) is 15.6 Å². The summed E-state index contributed by atoms with van der Waals surface area (Å²) in [6, 6.07) is 25.8. The van der Waals surface area contributed by atoms with Crippen LogP contribution in [0.2, 0.25) is 5.02 Å². The molecule has 1 heterocycles. The Hall–Kier alpha value is -3.96. The van der Waals surface area contributed by atoms with Gasteiger partial charge in [0.1, 0.15) is 0 Å². The van der Waals surface area contributed by atoms with E-state index in [0.717, 1.165) is 16.7 Å². The zero-order valence-corrected chi connectivity index (χ0v) is 18.8. The molecule has 6 heteroatoms. The van der Waals surface area contributed by atoms with Crippen molar-refractivity contribution < 1.29 is 9.59 Å². The Balaban J connectivity index is 1.47. The van der Waals surface area contributed by atoms with Crippen LogP contribution in [0.1, 0.15) is 21.6 Å². The van der Waals surface area contributed by atoms with Crippen LogP contribution < -0.4 is 10.6 Å². The van der Waals surface area contributed by atoms with Crippen molar-refractivity contribution >= 4 is 34.8 Å². The van der Waals surface area contributed by atoms with Gasteiger partial charge in [0.15, 0.2) is 0 Å². The number of halogens is 1. The number of amides is 2. The first kappa shape index (κ1) is 22.2. The maximum absolute atomic E-state index is 13.1. The van der Waals surface area contributed by atoms with Crippen LogP contribution in [0.25, 0.3) is 11.1 Å². The third kappa shape index (κ3) is 5.64. The van der Waals surface area contributed by atoms with Crippen molar-refractivity contribution in [3.63, 3.8) is 0 Å². The van der Waals surface area contributed by atoms with Crippen molar-refractivity contribution in [2.24, 2.45) is 0 Å². The molecule has 0 radical (unpaired) electrons. The smallest absolute Gasteiger partial charge is 0.256 e. The lowest BCUT2D eigenvalue weighted by atomic mass is 9.97. The number of anilines is 2. The van der Waals surface area contributed by atoms with E-state index >= 15 is 0 Å². The normalized spacial score (nSPS) is 10.5. The first-order chi connectivity index (χ1) is 16.0. The Morgan fingerprint density at radius 1 is 0.848 bits per heavy atom. The van der Waals surface area contributed by atoms with E-state index in [1.165, 1.54) is 0 Å². The summed E-state index contributed by atoms with van der Waals surface area (Å²) in [4.78, 5) is 29.5. The highest BCUT2D eigenvalue weighted by molar-refractivity contribution is 6.32. The van der Waals surface area contributed by atoms with E-state index in [1.807, 2.05) is 55.5 Å². The van der Waals surface area contributed by atoms with E-state index in [9.17, 15) is 9.59 Å². The molecule has 0 unspecified atom stereocenters. The van der Waals surface area contributed by atoms with Gasteiger partial charge in [-0.2, -0.15) is 0 Å². The first-order valence-corrected chi connectivity index (χ1v) is 10.8. The second kappa shape index (κ2) is 10.1. The highest BCUT2D eigenvalue weighted by Crippen LogP contribution is 2.30. The zero-order chi connectivity index (χ0) is 23.2. The lowest BCUT2D eigenvalue weighted by Crippen LogP contribution is -2.15. The Bertz CT molecular complexity index is 1270. The van der Waals surface area contributed by atoms with Gasteiger partial charge in [0, 0.05) is 33.9 Å². The molecule has 0 fully saturated rings. The molecule has 3 aromatic carbocycles. The Kier molecular flexibility index (Phi) is 6.81. The number of hydrogen-bond donors (Lipinski definition) is 2. The topological polar surface area (TPSA) is 71.1 Å². The summed E-state index contributed by atoms with van der Waals surface area (Å²) in [7, 11) is 0. The zero-order valence-electron chi connectivity index (χ0n) is 18.0. The molecule has 0 aliphatic heterocycles. The van der Waals surface area contributed by atoms with Crippen molar-refractivity contribution in [1.82, 2.24) is 4.98 Å². The Labute approximate surface area is 197 Å². The summed E-state index contributed by atoms with van der Waals surface area (Å²) in [5.74, 6) is -0.421. The second-order valence-electron chi connectivity index (χ2n) is 7.59. The van der Waals surface area contributed by atoms with Gasteiger partial charge < -0.3 is 10.6 Å². The quantitative estimate of drug-likeness (QED) is 0.366. The minimum absolute atomic E-state index is 0.160. The predicted octanol–water partition coefficient (Wildman–Crippen LogP) is 6.14. The summed E-state index contributed by atoms with van der Waals surface area (Å²) >= 11 is 6.32. The maximum atomic E-state index is 13.1. The monoisotopic (exact) mass is 455 g/mol. The number of hydrogen-bond acceptors (Lipinski definition) is 3.